The van der Waals surface area contributed by atoms with Gasteiger partial charge in [-0.2, -0.15) is 5.10 Å². The van der Waals surface area contributed by atoms with Gasteiger partial charge < -0.3 is 10.0 Å². The van der Waals surface area contributed by atoms with Crippen LogP contribution < -0.4 is 5.56 Å². The number of aromatic nitrogens is 3. The molecule has 9 heteroatoms. The third-order valence-corrected chi connectivity index (χ3v) is 5.36. The van der Waals surface area contributed by atoms with Crippen LogP contribution in [0.25, 0.3) is 10.6 Å². The number of nitrogens with zero attached hydrogens (tertiary/aromatic N) is 4. The second-order valence-electron chi connectivity index (χ2n) is 5.98. The van der Waals surface area contributed by atoms with Crippen molar-refractivity contribution in [1.29, 1.82) is 0 Å². The molecule has 26 heavy (non-hydrogen) atoms. The molecule has 0 bridgehead atoms. The molecule has 0 aliphatic heterocycles. The lowest BCUT2D eigenvalue weighted by Crippen LogP contribution is -2.32. The maximum atomic E-state index is 12.8. The summed E-state index contributed by atoms with van der Waals surface area (Å²) in [5.41, 5.74) is 2.16. The Kier molecular flexibility index (Phi) is 5.91. The summed E-state index contributed by atoms with van der Waals surface area (Å²) in [7, 11) is 1.58. The maximum Gasteiger partial charge on any atom is 0.305 e. The van der Waals surface area contributed by atoms with Gasteiger partial charge in [0.25, 0.3) is 11.5 Å². The predicted octanol–water partition coefficient (Wildman–Crippen LogP) is 1.77. The van der Waals surface area contributed by atoms with Crippen LogP contribution in [0.4, 0.5) is 0 Å². The Bertz CT molecular complexity index is 916. The van der Waals surface area contributed by atoms with E-state index in [1.165, 1.54) is 9.58 Å². The number of aliphatic carboxylic acids is 1. The molecule has 2 aromatic heterocycles. The van der Waals surface area contributed by atoms with Crippen LogP contribution in [0.2, 0.25) is 0 Å². The Morgan fingerprint density at radius 2 is 1.88 bits per heavy atom. The van der Waals surface area contributed by atoms with E-state index in [1.54, 1.807) is 20.9 Å². The van der Waals surface area contributed by atoms with Crippen LogP contribution in [-0.2, 0) is 11.8 Å². The highest BCUT2D eigenvalue weighted by Crippen LogP contribution is 2.29. The van der Waals surface area contributed by atoms with Gasteiger partial charge in [0.2, 0.25) is 0 Å². The van der Waals surface area contributed by atoms with Crippen molar-refractivity contribution in [3.05, 3.63) is 32.2 Å². The van der Waals surface area contributed by atoms with Crippen LogP contribution in [0.15, 0.2) is 4.79 Å². The largest absolute Gasteiger partial charge is 0.481 e. The van der Waals surface area contributed by atoms with E-state index in [2.05, 4.69) is 10.1 Å². The fourth-order valence-corrected chi connectivity index (χ4v) is 3.71. The highest BCUT2D eigenvalue weighted by atomic mass is 32.1. The Morgan fingerprint density at radius 3 is 2.46 bits per heavy atom. The number of carbonyl (C=O) groups is 2. The predicted molar refractivity (Wildman–Crippen MR) is 98.6 cm³/mol. The molecule has 0 unspecified atom stereocenters. The van der Waals surface area contributed by atoms with Crippen LogP contribution in [0.1, 0.15) is 40.0 Å². The number of amides is 1. The molecule has 0 aliphatic rings. The molecule has 140 valence electrons. The van der Waals surface area contributed by atoms with E-state index >= 15 is 0 Å². The number of carbonyl (C=O) groups excluding carboxylic acids is 1. The molecule has 0 fully saturated rings. The molecular formula is C17H22N4O4S. The first-order chi connectivity index (χ1) is 12.2. The molecular weight excluding hydrogens is 356 g/mol. The molecule has 0 atom stereocenters. The van der Waals surface area contributed by atoms with Crippen molar-refractivity contribution in [3.8, 4) is 10.6 Å². The monoisotopic (exact) mass is 378 g/mol. The van der Waals surface area contributed by atoms with Gasteiger partial charge in [-0.1, -0.05) is 0 Å². The van der Waals surface area contributed by atoms with E-state index in [0.717, 1.165) is 22.6 Å². The van der Waals surface area contributed by atoms with Crippen molar-refractivity contribution in [2.24, 2.45) is 7.05 Å². The van der Waals surface area contributed by atoms with Gasteiger partial charge in [0.15, 0.2) is 0 Å². The van der Waals surface area contributed by atoms with Gasteiger partial charge in [0.05, 0.1) is 23.4 Å². The van der Waals surface area contributed by atoms with Crippen molar-refractivity contribution in [2.75, 3.05) is 13.1 Å². The highest BCUT2D eigenvalue weighted by molar-refractivity contribution is 7.17. The molecule has 1 amide bonds. The Morgan fingerprint density at radius 1 is 1.23 bits per heavy atom. The average molecular weight is 378 g/mol. The second-order valence-corrected chi connectivity index (χ2v) is 6.98. The van der Waals surface area contributed by atoms with Crippen LogP contribution in [0, 0.1) is 20.8 Å². The van der Waals surface area contributed by atoms with E-state index in [0.29, 0.717) is 27.7 Å². The molecule has 0 radical (unpaired) electrons. The molecule has 0 saturated heterocycles. The summed E-state index contributed by atoms with van der Waals surface area (Å²) in [6.07, 6.45) is -0.118. The zero-order chi connectivity index (χ0) is 19.6. The van der Waals surface area contributed by atoms with Crippen molar-refractivity contribution in [3.63, 3.8) is 0 Å². The second kappa shape index (κ2) is 7.77. The minimum atomic E-state index is -0.954. The summed E-state index contributed by atoms with van der Waals surface area (Å²) < 4.78 is 1.26. The number of hydrogen-bond donors (Lipinski definition) is 1. The lowest BCUT2D eigenvalue weighted by molar-refractivity contribution is -0.137. The number of carboxylic acid groups (broad SMARTS) is 1. The average Bonchev–Trinajstić information content (AvgIpc) is 2.94. The molecule has 2 rings (SSSR count). The van der Waals surface area contributed by atoms with Crippen LogP contribution in [0.5, 0.6) is 0 Å². The van der Waals surface area contributed by atoms with Crippen molar-refractivity contribution < 1.29 is 14.7 Å². The van der Waals surface area contributed by atoms with Gasteiger partial charge in [0.1, 0.15) is 9.88 Å². The number of aryl methyl sites for hydroxylation is 3. The van der Waals surface area contributed by atoms with E-state index < -0.39 is 5.97 Å². The number of hydrogen-bond acceptors (Lipinski definition) is 6. The first kappa shape index (κ1) is 19.8. The van der Waals surface area contributed by atoms with Crippen LogP contribution in [0.3, 0.4) is 0 Å². The molecule has 0 spiro atoms. The fraction of sp³-hybridized carbons (Fsp3) is 0.471. The summed E-state index contributed by atoms with van der Waals surface area (Å²) in [6, 6.07) is 0. The Hall–Kier alpha value is -2.55. The zero-order valence-corrected chi connectivity index (χ0v) is 16.3. The minimum absolute atomic E-state index is 0.118. The van der Waals surface area contributed by atoms with Crippen molar-refractivity contribution >= 4 is 23.2 Å². The lowest BCUT2D eigenvalue weighted by atomic mass is 10.1. The molecule has 2 aromatic rings. The Labute approximate surface area is 155 Å². The quantitative estimate of drug-likeness (QED) is 0.821. The van der Waals surface area contributed by atoms with E-state index in [9.17, 15) is 14.4 Å². The standard InChI is InChI=1S/C17H22N4O4S/c1-6-21(8-7-12(22)23)17(25)14-11(4)18-15(26-14)13-9(2)10(3)19-20(5)16(13)24/h6-8H2,1-5H3,(H,22,23). The van der Waals surface area contributed by atoms with E-state index in [-0.39, 0.29) is 24.4 Å². The summed E-state index contributed by atoms with van der Waals surface area (Å²) in [5, 5.41) is 13.5. The zero-order valence-electron chi connectivity index (χ0n) is 15.5. The van der Waals surface area contributed by atoms with Gasteiger partial charge in [-0.15, -0.1) is 11.3 Å². The maximum absolute atomic E-state index is 12.8. The fourth-order valence-electron chi connectivity index (χ4n) is 2.58. The molecule has 2 heterocycles. The van der Waals surface area contributed by atoms with E-state index in [4.69, 9.17) is 5.11 Å². The normalized spacial score (nSPS) is 10.8. The molecule has 0 saturated carbocycles. The SMILES string of the molecule is CCN(CCC(=O)O)C(=O)c1sc(-c2c(C)c(C)nn(C)c2=O)nc1C. The van der Waals surface area contributed by atoms with Crippen molar-refractivity contribution in [2.45, 2.75) is 34.1 Å². The summed E-state index contributed by atoms with van der Waals surface area (Å²) >= 11 is 1.15. The third kappa shape index (κ3) is 3.82. The highest BCUT2D eigenvalue weighted by Gasteiger charge is 2.24. The van der Waals surface area contributed by atoms with Crippen molar-refractivity contribution in [1.82, 2.24) is 19.7 Å². The number of thiazole rings is 1. The third-order valence-electron chi connectivity index (χ3n) is 4.19. The molecule has 1 N–H and O–H groups in total. The summed E-state index contributed by atoms with van der Waals surface area (Å²) in [4.78, 5) is 42.4. The minimum Gasteiger partial charge on any atom is -0.481 e. The lowest BCUT2D eigenvalue weighted by Gasteiger charge is -2.19. The van der Waals surface area contributed by atoms with Gasteiger partial charge in [-0.05, 0) is 33.3 Å². The topological polar surface area (TPSA) is 105 Å². The van der Waals surface area contributed by atoms with Gasteiger partial charge in [-0.25, -0.2) is 9.67 Å². The molecule has 0 aromatic carbocycles. The van der Waals surface area contributed by atoms with Gasteiger partial charge in [-0.3, -0.25) is 14.4 Å². The number of rotatable bonds is 6. The van der Waals surface area contributed by atoms with Gasteiger partial charge in [0, 0.05) is 20.1 Å². The van der Waals surface area contributed by atoms with Crippen LogP contribution >= 0.6 is 11.3 Å². The molecule has 0 aliphatic carbocycles. The Balaban J connectivity index is 2.46. The number of carboxylic acids is 1. The summed E-state index contributed by atoms with van der Waals surface area (Å²) in [5.74, 6) is -1.22. The van der Waals surface area contributed by atoms with Gasteiger partial charge >= 0.3 is 5.97 Å². The van der Waals surface area contributed by atoms with E-state index in [1.807, 2.05) is 13.8 Å². The first-order valence-electron chi connectivity index (χ1n) is 8.20. The van der Waals surface area contributed by atoms with Crippen LogP contribution in [-0.4, -0.2) is 49.7 Å². The first-order valence-corrected chi connectivity index (χ1v) is 9.02. The molecule has 8 nitrogen and oxygen atoms in total. The smallest absolute Gasteiger partial charge is 0.305 e. The summed E-state index contributed by atoms with van der Waals surface area (Å²) in [6.45, 7) is 7.66.